The molecule has 2 aliphatic rings. The predicted molar refractivity (Wildman–Crippen MR) is 181 cm³/mol. The molecule has 9 heteroatoms. The maximum Gasteiger partial charge on any atom is 0.270 e. The van der Waals surface area contributed by atoms with Gasteiger partial charge in [-0.05, 0) is 66.1 Å². The van der Waals surface area contributed by atoms with Crippen LogP contribution in [0.25, 0.3) is 11.1 Å². The maximum atomic E-state index is 14.4. The lowest BCUT2D eigenvalue weighted by Crippen LogP contribution is -2.49. The summed E-state index contributed by atoms with van der Waals surface area (Å²) in [5.74, 6) is 0.224. The first-order valence-corrected chi connectivity index (χ1v) is 15.8. The number of nitrogens with zero attached hydrogens (tertiary/aromatic N) is 5. The van der Waals surface area contributed by atoms with Crippen molar-refractivity contribution in [2.24, 2.45) is 0 Å². The van der Waals surface area contributed by atoms with Gasteiger partial charge in [0.05, 0.1) is 25.8 Å². The number of para-hydroxylation sites is 1. The lowest BCUT2D eigenvalue weighted by atomic mass is 9.98. The largest absolute Gasteiger partial charge is 0.496 e. The average Bonchev–Trinajstić information content (AvgIpc) is 3.41. The van der Waals surface area contributed by atoms with Crippen molar-refractivity contribution in [1.82, 2.24) is 14.5 Å². The number of methoxy groups -OCH3 is 1. The molecular weight excluding hydrogens is 598 g/mol. The lowest BCUT2D eigenvalue weighted by Gasteiger charge is -2.36. The van der Waals surface area contributed by atoms with E-state index < -0.39 is 0 Å². The number of carbonyl (C=O) groups excluding carboxylic acids is 2. The number of hydrogen-bond acceptors (Lipinski definition) is 5. The van der Waals surface area contributed by atoms with Crippen LogP contribution in [0.3, 0.4) is 0 Å². The van der Waals surface area contributed by atoms with Gasteiger partial charge in [0.15, 0.2) is 0 Å². The number of amides is 2. The zero-order valence-corrected chi connectivity index (χ0v) is 26.6. The van der Waals surface area contributed by atoms with Crippen LogP contribution in [0, 0.1) is 6.92 Å². The predicted octanol–water partition coefficient (Wildman–Crippen LogP) is 6.69. The monoisotopic (exact) mass is 631 g/mol. The second kappa shape index (κ2) is 12.4. The topological polar surface area (TPSA) is 70.9 Å². The van der Waals surface area contributed by atoms with E-state index in [-0.39, 0.29) is 11.8 Å². The molecule has 1 saturated heterocycles. The molecule has 3 aromatic carbocycles. The molecule has 2 amide bonds. The first kappa shape index (κ1) is 29.6. The Hall–Kier alpha value is -5.08. The highest BCUT2D eigenvalue weighted by Gasteiger charge is 2.31. The highest BCUT2D eigenvalue weighted by Crippen LogP contribution is 2.38. The van der Waals surface area contributed by atoms with Crippen LogP contribution in [-0.2, 0) is 13.1 Å². The van der Waals surface area contributed by atoms with Gasteiger partial charge in [-0.25, -0.2) is 0 Å². The molecular formula is C37H34ClN5O3. The van der Waals surface area contributed by atoms with Crippen LogP contribution in [0.1, 0.15) is 37.7 Å². The Labute approximate surface area is 273 Å². The van der Waals surface area contributed by atoms with Crippen LogP contribution in [0.5, 0.6) is 5.75 Å². The summed E-state index contributed by atoms with van der Waals surface area (Å²) in [5.41, 5.74) is 7.61. The molecule has 5 aromatic rings. The third-order valence-electron chi connectivity index (χ3n) is 9.02. The summed E-state index contributed by atoms with van der Waals surface area (Å²) < 4.78 is 7.82. The number of hydrogen-bond donors (Lipinski definition) is 0. The molecule has 2 aliphatic heterocycles. The molecule has 0 spiro atoms. The van der Waals surface area contributed by atoms with E-state index in [9.17, 15) is 9.59 Å². The molecule has 46 heavy (non-hydrogen) atoms. The highest BCUT2D eigenvalue weighted by molar-refractivity contribution is 6.34. The Morgan fingerprint density at radius 1 is 0.804 bits per heavy atom. The summed E-state index contributed by atoms with van der Waals surface area (Å²) in [6, 6.07) is 27.2. The average molecular weight is 632 g/mol. The van der Waals surface area contributed by atoms with E-state index in [2.05, 4.69) is 14.5 Å². The second-order valence-corrected chi connectivity index (χ2v) is 12.1. The van der Waals surface area contributed by atoms with Gasteiger partial charge in [-0.3, -0.25) is 14.6 Å². The van der Waals surface area contributed by atoms with Crippen molar-refractivity contribution in [3.63, 3.8) is 0 Å². The first-order valence-electron chi connectivity index (χ1n) is 15.4. The van der Waals surface area contributed by atoms with Crippen LogP contribution in [-0.4, -0.2) is 59.6 Å². The molecule has 2 aromatic heterocycles. The fraction of sp³-hybridized carbons (Fsp3) is 0.216. The fourth-order valence-electron chi connectivity index (χ4n) is 6.53. The zero-order valence-electron chi connectivity index (χ0n) is 25.8. The SMILES string of the molecule is COc1cc(-c2ccccc2C)c(Cl)cc1C(=O)N1Cc2ccc(C(=O)N3CCN(c4ccncc4)CC3)n2Cc2ccccc21. The Morgan fingerprint density at radius 3 is 2.30 bits per heavy atom. The van der Waals surface area contributed by atoms with E-state index in [0.29, 0.717) is 48.2 Å². The molecule has 7 rings (SSSR count). The number of anilines is 2. The Bertz CT molecular complexity index is 1930. The van der Waals surface area contributed by atoms with Crippen molar-refractivity contribution in [2.45, 2.75) is 20.0 Å². The fourth-order valence-corrected chi connectivity index (χ4v) is 6.79. The van der Waals surface area contributed by atoms with E-state index in [0.717, 1.165) is 52.4 Å². The Balaban J connectivity index is 1.18. The summed E-state index contributed by atoms with van der Waals surface area (Å²) >= 11 is 6.84. The standard InChI is InChI=1S/C37H34ClN5O3/c1-25-7-3-5-9-29(25)30-22-35(46-2)31(21-32(30)38)36(44)43-24-28-11-12-34(42(28)23-26-8-4-6-10-33(26)43)37(45)41-19-17-40(18-20-41)27-13-15-39-16-14-27/h3-16,21-22H,17-20,23-24H2,1-2H3. The van der Waals surface area contributed by atoms with Gasteiger partial charge in [0.1, 0.15) is 11.4 Å². The molecule has 0 saturated carbocycles. The number of fused-ring (bicyclic) bond motifs is 2. The number of halogens is 1. The lowest BCUT2D eigenvalue weighted by molar-refractivity contribution is 0.0736. The summed E-state index contributed by atoms with van der Waals surface area (Å²) in [6.07, 6.45) is 3.58. The van der Waals surface area contributed by atoms with Crippen molar-refractivity contribution in [3.05, 3.63) is 130 Å². The molecule has 0 radical (unpaired) electrons. The second-order valence-electron chi connectivity index (χ2n) is 11.6. The van der Waals surface area contributed by atoms with Crippen molar-refractivity contribution >= 4 is 34.8 Å². The number of benzene rings is 3. The van der Waals surface area contributed by atoms with Gasteiger partial charge < -0.3 is 24.0 Å². The van der Waals surface area contributed by atoms with E-state index in [4.69, 9.17) is 16.3 Å². The van der Waals surface area contributed by atoms with Gasteiger partial charge in [-0.1, -0.05) is 54.1 Å². The van der Waals surface area contributed by atoms with Crippen molar-refractivity contribution < 1.29 is 14.3 Å². The van der Waals surface area contributed by atoms with Crippen LogP contribution >= 0.6 is 11.6 Å². The van der Waals surface area contributed by atoms with Crippen LogP contribution < -0.4 is 14.5 Å². The van der Waals surface area contributed by atoms with Gasteiger partial charge in [0.25, 0.3) is 11.8 Å². The quantitative estimate of drug-likeness (QED) is 0.216. The normalized spacial score (nSPS) is 14.4. The molecule has 0 N–H and O–H groups in total. The summed E-state index contributed by atoms with van der Waals surface area (Å²) in [6.45, 7) is 5.55. The minimum Gasteiger partial charge on any atom is -0.496 e. The van der Waals surface area contributed by atoms with Gasteiger partial charge >= 0.3 is 0 Å². The molecule has 0 unspecified atom stereocenters. The minimum absolute atomic E-state index is 0.00173. The number of rotatable bonds is 5. The van der Waals surface area contributed by atoms with Crippen molar-refractivity contribution in [1.29, 1.82) is 0 Å². The van der Waals surface area contributed by atoms with Crippen LogP contribution in [0.4, 0.5) is 11.4 Å². The molecule has 0 atom stereocenters. The minimum atomic E-state index is -0.225. The molecule has 0 aliphatic carbocycles. The van der Waals surface area contributed by atoms with Gasteiger partial charge in [0.2, 0.25) is 0 Å². The summed E-state index contributed by atoms with van der Waals surface area (Å²) in [4.78, 5) is 38.4. The number of aryl methyl sites for hydroxylation is 1. The maximum absolute atomic E-state index is 14.4. The number of aromatic nitrogens is 2. The summed E-state index contributed by atoms with van der Waals surface area (Å²) in [5, 5.41) is 0.474. The van der Waals surface area contributed by atoms with Gasteiger partial charge in [0, 0.05) is 66.2 Å². The molecule has 1 fully saturated rings. The molecule has 8 nitrogen and oxygen atoms in total. The van der Waals surface area contributed by atoms with Crippen LogP contribution in [0.2, 0.25) is 5.02 Å². The Morgan fingerprint density at radius 2 is 1.54 bits per heavy atom. The first-order chi connectivity index (χ1) is 22.4. The number of carbonyl (C=O) groups is 2. The number of piperazine rings is 1. The number of ether oxygens (including phenoxy) is 1. The molecule has 232 valence electrons. The molecule has 4 heterocycles. The number of pyridine rings is 1. The third-order valence-corrected chi connectivity index (χ3v) is 9.33. The van der Waals surface area contributed by atoms with Gasteiger partial charge in [-0.15, -0.1) is 0 Å². The van der Waals surface area contributed by atoms with Gasteiger partial charge in [-0.2, -0.15) is 0 Å². The van der Waals surface area contributed by atoms with E-state index in [1.165, 1.54) is 0 Å². The van der Waals surface area contributed by atoms with E-state index >= 15 is 0 Å². The summed E-state index contributed by atoms with van der Waals surface area (Å²) in [7, 11) is 1.57. The highest BCUT2D eigenvalue weighted by atomic mass is 35.5. The van der Waals surface area contributed by atoms with Crippen LogP contribution in [0.15, 0.2) is 97.3 Å². The zero-order chi connectivity index (χ0) is 31.8. The van der Waals surface area contributed by atoms with Crippen molar-refractivity contribution in [3.8, 4) is 16.9 Å². The molecule has 0 bridgehead atoms. The van der Waals surface area contributed by atoms with E-state index in [1.807, 2.05) is 90.7 Å². The smallest absolute Gasteiger partial charge is 0.270 e. The van der Waals surface area contributed by atoms with Crippen molar-refractivity contribution in [2.75, 3.05) is 43.1 Å². The third kappa shape index (κ3) is 5.39. The Kier molecular flexibility index (Phi) is 7.96. The van der Waals surface area contributed by atoms with E-state index in [1.54, 1.807) is 30.5 Å².